The Hall–Kier alpha value is -0.0500. The number of rotatable bonds is 2. The number of halogens is 1. The van der Waals surface area contributed by atoms with Gasteiger partial charge >= 0.3 is 0 Å². The Bertz CT molecular complexity index is 311. The van der Waals surface area contributed by atoms with E-state index in [4.69, 9.17) is 0 Å². The Kier molecular flexibility index (Phi) is 4.51. The molecule has 0 spiro atoms. The lowest BCUT2D eigenvalue weighted by molar-refractivity contribution is -0.136. The molecule has 2 bridgehead atoms. The van der Waals surface area contributed by atoms with Crippen molar-refractivity contribution in [3.05, 3.63) is 0 Å². The molecule has 1 amide bonds. The Labute approximate surface area is 125 Å². The van der Waals surface area contributed by atoms with Crippen LogP contribution in [-0.4, -0.2) is 27.7 Å². The third-order valence-electron chi connectivity index (χ3n) is 5.40. The molecule has 108 valence electrons. The number of carbonyl (C=O) groups excluding carboxylic acids is 1. The fourth-order valence-electron chi connectivity index (χ4n) is 4.44. The molecular formula is C16H26BrNO. The molecule has 2 nitrogen and oxygen atoms in total. The molecule has 19 heavy (non-hydrogen) atoms. The van der Waals surface area contributed by atoms with E-state index in [9.17, 15) is 4.79 Å². The van der Waals surface area contributed by atoms with E-state index in [-0.39, 0.29) is 0 Å². The van der Waals surface area contributed by atoms with Gasteiger partial charge in [0.2, 0.25) is 5.91 Å². The Morgan fingerprint density at radius 2 is 1.53 bits per heavy atom. The average molecular weight is 328 g/mol. The van der Waals surface area contributed by atoms with E-state index in [1.165, 1.54) is 64.2 Å². The van der Waals surface area contributed by atoms with E-state index < -0.39 is 0 Å². The van der Waals surface area contributed by atoms with Gasteiger partial charge in [0.05, 0.1) is 0 Å². The van der Waals surface area contributed by atoms with E-state index in [0.29, 0.717) is 28.7 Å². The highest BCUT2D eigenvalue weighted by molar-refractivity contribution is 9.09. The van der Waals surface area contributed by atoms with Crippen LogP contribution in [0.4, 0.5) is 0 Å². The van der Waals surface area contributed by atoms with Crippen molar-refractivity contribution in [2.75, 3.05) is 0 Å². The number of amides is 1. The third-order valence-corrected chi connectivity index (χ3v) is 6.15. The molecule has 1 saturated carbocycles. The summed E-state index contributed by atoms with van der Waals surface area (Å²) in [5, 5.41) is 0. The predicted octanol–water partition coefficient (Wildman–Crippen LogP) is 4.26. The molecule has 0 aromatic rings. The summed E-state index contributed by atoms with van der Waals surface area (Å²) in [6.07, 6.45) is 13.7. The summed E-state index contributed by atoms with van der Waals surface area (Å²) in [7, 11) is 0. The fourth-order valence-corrected chi connectivity index (χ4v) is 5.30. The zero-order chi connectivity index (χ0) is 13.2. The monoisotopic (exact) mass is 327 g/mol. The van der Waals surface area contributed by atoms with Gasteiger partial charge in [0.1, 0.15) is 0 Å². The van der Waals surface area contributed by atoms with Gasteiger partial charge in [0.15, 0.2) is 0 Å². The van der Waals surface area contributed by atoms with Crippen LogP contribution in [0.1, 0.15) is 70.6 Å². The van der Waals surface area contributed by atoms with Gasteiger partial charge < -0.3 is 4.90 Å². The Morgan fingerprint density at radius 1 is 0.947 bits per heavy atom. The highest BCUT2D eigenvalue weighted by Crippen LogP contribution is 2.39. The van der Waals surface area contributed by atoms with Crippen molar-refractivity contribution >= 4 is 21.8 Å². The van der Waals surface area contributed by atoms with Crippen LogP contribution in [-0.2, 0) is 4.79 Å². The molecule has 0 aromatic heterocycles. The van der Waals surface area contributed by atoms with Crippen LogP contribution in [0, 0.1) is 5.92 Å². The minimum atomic E-state index is 0.471. The lowest BCUT2D eigenvalue weighted by Crippen LogP contribution is -2.47. The smallest absolute Gasteiger partial charge is 0.223 e. The number of nitrogens with zero attached hydrogens (tertiary/aromatic N) is 1. The molecular weight excluding hydrogens is 302 g/mol. The first-order chi connectivity index (χ1) is 9.24. The van der Waals surface area contributed by atoms with Gasteiger partial charge in [-0.2, -0.15) is 0 Å². The van der Waals surface area contributed by atoms with Crippen LogP contribution in [0.3, 0.4) is 0 Å². The maximum absolute atomic E-state index is 12.7. The quantitative estimate of drug-likeness (QED) is 0.548. The second kappa shape index (κ2) is 6.15. The molecule has 2 saturated heterocycles. The number of carbonyl (C=O) groups is 1. The summed E-state index contributed by atoms with van der Waals surface area (Å²) in [5.41, 5.74) is 0. The standard InChI is InChI=1S/C16H26BrNO/c17-13-10-14-7-8-15(11-13)18(14)16(19)9-12-5-3-1-2-4-6-12/h12-15H,1-11H2. The van der Waals surface area contributed by atoms with E-state index in [1.807, 2.05) is 0 Å². The Morgan fingerprint density at radius 3 is 2.11 bits per heavy atom. The number of hydrogen-bond donors (Lipinski definition) is 0. The van der Waals surface area contributed by atoms with Crippen LogP contribution in [0.15, 0.2) is 0 Å². The van der Waals surface area contributed by atoms with E-state index in [0.717, 1.165) is 6.42 Å². The molecule has 3 fully saturated rings. The minimum Gasteiger partial charge on any atom is -0.337 e. The lowest BCUT2D eigenvalue weighted by Gasteiger charge is -2.38. The molecule has 0 radical (unpaired) electrons. The van der Waals surface area contributed by atoms with Crippen LogP contribution >= 0.6 is 15.9 Å². The molecule has 2 unspecified atom stereocenters. The predicted molar refractivity (Wildman–Crippen MR) is 81.4 cm³/mol. The zero-order valence-corrected chi connectivity index (χ0v) is 13.4. The number of piperidine rings is 1. The van der Waals surface area contributed by atoms with E-state index in [2.05, 4.69) is 20.8 Å². The zero-order valence-electron chi connectivity index (χ0n) is 11.8. The molecule has 2 heterocycles. The molecule has 0 aromatic carbocycles. The van der Waals surface area contributed by atoms with E-state index >= 15 is 0 Å². The van der Waals surface area contributed by atoms with Gasteiger partial charge in [-0.15, -0.1) is 0 Å². The van der Waals surface area contributed by atoms with Gasteiger partial charge in [-0.1, -0.05) is 41.6 Å². The van der Waals surface area contributed by atoms with Gasteiger partial charge in [-0.3, -0.25) is 4.79 Å². The van der Waals surface area contributed by atoms with Gasteiger partial charge in [-0.05, 0) is 44.4 Å². The molecule has 0 N–H and O–H groups in total. The van der Waals surface area contributed by atoms with Crippen LogP contribution in [0.5, 0.6) is 0 Å². The van der Waals surface area contributed by atoms with Crippen molar-refractivity contribution in [1.82, 2.24) is 4.90 Å². The average Bonchev–Trinajstić information content (AvgIpc) is 2.58. The van der Waals surface area contributed by atoms with Crippen molar-refractivity contribution < 1.29 is 4.79 Å². The third kappa shape index (κ3) is 3.17. The lowest BCUT2D eigenvalue weighted by atomic mass is 9.94. The first-order valence-electron chi connectivity index (χ1n) is 8.19. The van der Waals surface area contributed by atoms with Crippen LogP contribution < -0.4 is 0 Å². The highest BCUT2D eigenvalue weighted by atomic mass is 79.9. The van der Waals surface area contributed by atoms with Gasteiger partial charge in [0.25, 0.3) is 0 Å². The van der Waals surface area contributed by atoms with Crippen LogP contribution in [0.2, 0.25) is 0 Å². The highest BCUT2D eigenvalue weighted by Gasteiger charge is 2.42. The Balaban J connectivity index is 1.58. The number of fused-ring (bicyclic) bond motifs is 2. The van der Waals surface area contributed by atoms with E-state index in [1.54, 1.807) is 0 Å². The second-order valence-electron chi connectivity index (χ2n) is 6.82. The number of hydrogen-bond acceptors (Lipinski definition) is 1. The molecule has 2 atom stereocenters. The molecule has 3 aliphatic rings. The largest absolute Gasteiger partial charge is 0.337 e. The van der Waals surface area contributed by atoms with Crippen molar-refractivity contribution in [3.8, 4) is 0 Å². The van der Waals surface area contributed by atoms with Gasteiger partial charge in [0, 0.05) is 23.3 Å². The van der Waals surface area contributed by atoms with Crippen molar-refractivity contribution in [3.63, 3.8) is 0 Å². The maximum Gasteiger partial charge on any atom is 0.223 e. The minimum absolute atomic E-state index is 0.471. The summed E-state index contributed by atoms with van der Waals surface area (Å²) in [5.74, 6) is 1.15. The SMILES string of the molecule is O=C(CC1CCCCCC1)N1C2CCC1CC(Br)C2. The topological polar surface area (TPSA) is 20.3 Å². The summed E-state index contributed by atoms with van der Waals surface area (Å²) >= 11 is 3.76. The summed E-state index contributed by atoms with van der Waals surface area (Å²) in [6.45, 7) is 0. The molecule has 3 rings (SSSR count). The number of alkyl halides is 1. The van der Waals surface area contributed by atoms with Crippen molar-refractivity contribution in [2.45, 2.75) is 87.5 Å². The normalized spacial score (nSPS) is 36.3. The first kappa shape index (κ1) is 13.9. The summed E-state index contributed by atoms with van der Waals surface area (Å²) < 4.78 is 0. The second-order valence-corrected chi connectivity index (χ2v) is 8.11. The van der Waals surface area contributed by atoms with Crippen molar-refractivity contribution in [2.24, 2.45) is 5.92 Å². The molecule has 3 heteroatoms. The van der Waals surface area contributed by atoms with Crippen molar-refractivity contribution in [1.29, 1.82) is 0 Å². The fraction of sp³-hybridized carbons (Fsp3) is 0.938. The maximum atomic E-state index is 12.7. The van der Waals surface area contributed by atoms with Gasteiger partial charge in [-0.25, -0.2) is 0 Å². The molecule has 2 aliphatic heterocycles. The van der Waals surface area contributed by atoms with Crippen LogP contribution in [0.25, 0.3) is 0 Å². The summed E-state index contributed by atoms with van der Waals surface area (Å²) in [6, 6.07) is 1.09. The summed E-state index contributed by atoms with van der Waals surface area (Å²) in [4.78, 5) is 15.6. The molecule has 1 aliphatic carbocycles. The first-order valence-corrected chi connectivity index (χ1v) is 9.11.